The summed E-state index contributed by atoms with van der Waals surface area (Å²) in [7, 11) is 0. The highest BCUT2D eigenvalue weighted by atomic mass is 16.6. The number of hydrogen-bond acceptors (Lipinski definition) is 4. The number of nitrogens with zero attached hydrogens (tertiary/aromatic N) is 3. The first kappa shape index (κ1) is 17.5. The Hall–Kier alpha value is -1.85. The molecule has 0 saturated heterocycles. The number of aliphatic carboxylic acids is 1. The molecular formula is C17H27N3O3. The fourth-order valence-electron chi connectivity index (χ4n) is 2.98. The van der Waals surface area contributed by atoms with E-state index in [0.29, 0.717) is 18.9 Å². The van der Waals surface area contributed by atoms with Crippen molar-refractivity contribution in [2.75, 3.05) is 6.61 Å². The Kier molecular flexibility index (Phi) is 7.63. The van der Waals surface area contributed by atoms with Gasteiger partial charge in [-0.15, -0.1) is 0 Å². The minimum absolute atomic E-state index is 0.192. The highest BCUT2D eigenvalue weighted by Gasteiger charge is 2.19. The Bertz CT molecular complexity index is 477. The van der Waals surface area contributed by atoms with Crippen LogP contribution in [0.3, 0.4) is 0 Å². The third-order valence-electron chi connectivity index (χ3n) is 4.29. The number of imidazole rings is 1. The maximum Gasteiger partial charge on any atom is 0.303 e. The van der Waals surface area contributed by atoms with Crippen LogP contribution in [0.1, 0.15) is 57.8 Å². The zero-order valence-corrected chi connectivity index (χ0v) is 13.7. The molecule has 0 atom stereocenters. The molecule has 2 rings (SSSR count). The monoisotopic (exact) mass is 321 g/mol. The highest BCUT2D eigenvalue weighted by Crippen LogP contribution is 2.25. The minimum Gasteiger partial charge on any atom is -0.481 e. The van der Waals surface area contributed by atoms with Gasteiger partial charge < -0.3 is 14.5 Å². The summed E-state index contributed by atoms with van der Waals surface area (Å²) in [5, 5.41) is 13.0. The van der Waals surface area contributed by atoms with Crippen LogP contribution in [0.5, 0.6) is 0 Å². The number of carboxylic acids is 1. The average molecular weight is 321 g/mol. The molecule has 0 bridgehead atoms. The Morgan fingerprint density at radius 3 is 2.70 bits per heavy atom. The maximum atomic E-state index is 10.5. The first-order valence-corrected chi connectivity index (χ1v) is 8.62. The second-order valence-electron chi connectivity index (χ2n) is 6.19. The first-order valence-electron chi connectivity index (χ1n) is 8.62. The highest BCUT2D eigenvalue weighted by molar-refractivity contribution is 5.86. The molecule has 6 nitrogen and oxygen atoms in total. The number of hydrogen-bond donors (Lipinski definition) is 1. The number of carboxylic acid groups (broad SMARTS) is 1. The van der Waals surface area contributed by atoms with Crippen molar-refractivity contribution in [3.8, 4) is 0 Å². The SMILES string of the molecule is O=C(O)CCCCON=C(Cn1ccnc1)C1CCCCCC1. The molecule has 0 aliphatic heterocycles. The summed E-state index contributed by atoms with van der Waals surface area (Å²) in [5.74, 6) is -0.272. The van der Waals surface area contributed by atoms with Crippen molar-refractivity contribution in [3.05, 3.63) is 18.7 Å². The molecule has 0 aromatic carbocycles. The predicted molar refractivity (Wildman–Crippen MR) is 88.3 cm³/mol. The van der Waals surface area contributed by atoms with E-state index >= 15 is 0 Å². The van der Waals surface area contributed by atoms with E-state index in [2.05, 4.69) is 10.1 Å². The summed E-state index contributed by atoms with van der Waals surface area (Å²) >= 11 is 0. The van der Waals surface area contributed by atoms with E-state index in [1.807, 2.05) is 10.8 Å². The van der Waals surface area contributed by atoms with Gasteiger partial charge in [-0.25, -0.2) is 4.98 Å². The summed E-state index contributed by atoms with van der Waals surface area (Å²) in [6, 6.07) is 0. The summed E-state index contributed by atoms with van der Waals surface area (Å²) in [6.07, 6.45) is 14.6. The number of rotatable bonds is 9. The van der Waals surface area contributed by atoms with Gasteiger partial charge >= 0.3 is 5.97 Å². The van der Waals surface area contributed by atoms with Gasteiger partial charge in [-0.3, -0.25) is 4.79 Å². The number of carbonyl (C=O) groups is 1. The zero-order chi connectivity index (χ0) is 16.3. The van der Waals surface area contributed by atoms with Crippen molar-refractivity contribution in [1.82, 2.24) is 9.55 Å². The molecule has 1 saturated carbocycles. The molecule has 0 amide bonds. The van der Waals surface area contributed by atoms with Gasteiger partial charge in [0.05, 0.1) is 18.6 Å². The van der Waals surface area contributed by atoms with Crippen LogP contribution in [0, 0.1) is 5.92 Å². The number of aromatic nitrogens is 2. The molecule has 1 aliphatic carbocycles. The molecule has 128 valence electrons. The van der Waals surface area contributed by atoms with Gasteiger partial charge in [0, 0.05) is 24.7 Å². The fraction of sp³-hybridized carbons (Fsp3) is 0.706. The lowest BCUT2D eigenvalue weighted by Gasteiger charge is -2.17. The minimum atomic E-state index is -0.757. The topological polar surface area (TPSA) is 76.7 Å². The van der Waals surface area contributed by atoms with Crippen LogP contribution < -0.4 is 0 Å². The molecule has 1 aromatic rings. The molecule has 1 heterocycles. The van der Waals surface area contributed by atoms with E-state index in [1.165, 1.54) is 38.5 Å². The van der Waals surface area contributed by atoms with Gasteiger partial charge in [-0.05, 0) is 25.7 Å². The van der Waals surface area contributed by atoms with E-state index in [0.717, 1.165) is 18.7 Å². The van der Waals surface area contributed by atoms with Crippen molar-refractivity contribution in [2.24, 2.45) is 11.1 Å². The van der Waals surface area contributed by atoms with Gasteiger partial charge in [-0.1, -0.05) is 30.8 Å². The van der Waals surface area contributed by atoms with E-state index in [9.17, 15) is 4.79 Å². The Morgan fingerprint density at radius 2 is 2.04 bits per heavy atom. The number of oxime groups is 1. The van der Waals surface area contributed by atoms with Crippen LogP contribution >= 0.6 is 0 Å². The molecule has 6 heteroatoms. The molecule has 1 aliphatic rings. The lowest BCUT2D eigenvalue weighted by atomic mass is 9.94. The van der Waals surface area contributed by atoms with E-state index in [-0.39, 0.29) is 6.42 Å². The lowest BCUT2D eigenvalue weighted by molar-refractivity contribution is -0.137. The number of unbranched alkanes of at least 4 members (excludes halogenated alkanes) is 1. The van der Waals surface area contributed by atoms with Crippen LogP contribution in [-0.2, 0) is 16.2 Å². The van der Waals surface area contributed by atoms with E-state index in [1.54, 1.807) is 12.5 Å². The third kappa shape index (κ3) is 6.84. The summed E-state index contributed by atoms with van der Waals surface area (Å²) in [5.41, 5.74) is 1.09. The molecule has 0 spiro atoms. The smallest absolute Gasteiger partial charge is 0.303 e. The summed E-state index contributed by atoms with van der Waals surface area (Å²) in [6.45, 7) is 1.20. The van der Waals surface area contributed by atoms with Gasteiger partial charge in [-0.2, -0.15) is 0 Å². The predicted octanol–water partition coefficient (Wildman–Crippen LogP) is 3.48. The summed E-state index contributed by atoms with van der Waals surface area (Å²) < 4.78 is 2.03. The van der Waals surface area contributed by atoms with Gasteiger partial charge in [0.25, 0.3) is 0 Å². The molecule has 0 unspecified atom stereocenters. The largest absolute Gasteiger partial charge is 0.481 e. The fourth-order valence-corrected chi connectivity index (χ4v) is 2.98. The van der Waals surface area contributed by atoms with Crippen molar-refractivity contribution < 1.29 is 14.7 Å². The summed E-state index contributed by atoms with van der Waals surface area (Å²) in [4.78, 5) is 20.0. The van der Waals surface area contributed by atoms with Gasteiger partial charge in [0.1, 0.15) is 6.61 Å². The molecule has 1 fully saturated rings. The molecule has 1 aromatic heterocycles. The lowest BCUT2D eigenvalue weighted by Crippen LogP contribution is -2.20. The molecule has 23 heavy (non-hydrogen) atoms. The van der Waals surface area contributed by atoms with Gasteiger partial charge in [0.15, 0.2) is 0 Å². The van der Waals surface area contributed by atoms with Crippen molar-refractivity contribution in [1.29, 1.82) is 0 Å². The zero-order valence-electron chi connectivity index (χ0n) is 13.7. The maximum absolute atomic E-state index is 10.5. The van der Waals surface area contributed by atoms with Crippen molar-refractivity contribution in [2.45, 2.75) is 64.3 Å². The Balaban J connectivity index is 1.86. The first-order chi connectivity index (χ1) is 11.3. The second kappa shape index (κ2) is 10.0. The van der Waals surface area contributed by atoms with Crippen molar-refractivity contribution >= 4 is 11.7 Å². The molecule has 1 N–H and O–H groups in total. The van der Waals surface area contributed by atoms with Crippen LogP contribution in [0.4, 0.5) is 0 Å². The standard InChI is InChI=1S/C17H27N3O3/c21-17(22)9-5-6-12-23-19-16(13-20-11-10-18-14-20)15-7-3-1-2-4-8-15/h10-11,14-15H,1-9,12-13H2,(H,21,22). The van der Waals surface area contributed by atoms with Crippen LogP contribution in [0.2, 0.25) is 0 Å². The van der Waals surface area contributed by atoms with Crippen LogP contribution in [0.25, 0.3) is 0 Å². The average Bonchev–Trinajstić information content (AvgIpc) is 2.89. The van der Waals surface area contributed by atoms with Crippen LogP contribution in [0.15, 0.2) is 23.9 Å². The third-order valence-corrected chi connectivity index (χ3v) is 4.29. The van der Waals surface area contributed by atoms with E-state index < -0.39 is 5.97 Å². The second-order valence-corrected chi connectivity index (χ2v) is 6.19. The Labute approximate surface area is 137 Å². The van der Waals surface area contributed by atoms with Crippen LogP contribution in [-0.4, -0.2) is 32.9 Å². The van der Waals surface area contributed by atoms with Gasteiger partial charge in [0.2, 0.25) is 0 Å². The normalized spacial score (nSPS) is 17.0. The van der Waals surface area contributed by atoms with E-state index in [4.69, 9.17) is 9.94 Å². The van der Waals surface area contributed by atoms with Crippen molar-refractivity contribution in [3.63, 3.8) is 0 Å². The quantitative estimate of drug-likeness (QED) is 0.327. The molecule has 0 radical (unpaired) electrons. The Morgan fingerprint density at radius 1 is 1.26 bits per heavy atom. The molecular weight excluding hydrogens is 294 g/mol.